The Kier molecular flexibility index (Phi) is 3.96. The highest BCUT2D eigenvalue weighted by molar-refractivity contribution is 5.77. The topological polar surface area (TPSA) is 78.9 Å². The van der Waals surface area contributed by atoms with Crippen molar-refractivity contribution in [3.05, 3.63) is 0 Å². The van der Waals surface area contributed by atoms with Crippen molar-refractivity contribution in [1.82, 2.24) is 10.2 Å². The van der Waals surface area contributed by atoms with Crippen LogP contribution in [0.3, 0.4) is 0 Å². The molecule has 2 rings (SSSR count). The molecule has 6 nitrogen and oxygen atoms in total. The molecule has 0 spiro atoms. The molecule has 0 radical (unpaired) electrons. The number of ether oxygens (including phenoxy) is 1. The Morgan fingerprint density at radius 3 is 2.47 bits per heavy atom. The summed E-state index contributed by atoms with van der Waals surface area (Å²) in [5, 5.41) is 11.9. The summed E-state index contributed by atoms with van der Waals surface area (Å²) < 4.78 is 5.06. The average molecular weight is 242 g/mol. The number of carboxylic acids is 1. The van der Waals surface area contributed by atoms with E-state index in [-0.39, 0.29) is 12.3 Å². The number of carbonyl (C=O) groups is 2. The number of aliphatic carboxylic acids is 1. The molecule has 2 saturated heterocycles. The molecule has 2 aliphatic heterocycles. The summed E-state index contributed by atoms with van der Waals surface area (Å²) >= 11 is 0. The fraction of sp³-hybridized carbons (Fsp3) is 0.818. The van der Waals surface area contributed by atoms with Gasteiger partial charge in [-0.3, -0.25) is 9.59 Å². The zero-order valence-electron chi connectivity index (χ0n) is 9.72. The maximum Gasteiger partial charge on any atom is 0.303 e. The molecule has 1 amide bonds. The summed E-state index contributed by atoms with van der Waals surface area (Å²) in [7, 11) is 0. The van der Waals surface area contributed by atoms with Crippen LogP contribution in [0.5, 0.6) is 0 Å². The van der Waals surface area contributed by atoms with E-state index in [4.69, 9.17) is 9.84 Å². The minimum Gasteiger partial charge on any atom is -0.481 e. The van der Waals surface area contributed by atoms with Gasteiger partial charge in [0.15, 0.2) is 0 Å². The van der Waals surface area contributed by atoms with Gasteiger partial charge in [0.2, 0.25) is 5.91 Å². The number of amides is 1. The quantitative estimate of drug-likeness (QED) is 0.653. The molecule has 2 heterocycles. The van der Waals surface area contributed by atoms with E-state index in [0.717, 1.165) is 26.3 Å². The van der Waals surface area contributed by atoms with Gasteiger partial charge in [-0.05, 0) is 6.42 Å². The van der Waals surface area contributed by atoms with E-state index in [9.17, 15) is 9.59 Å². The van der Waals surface area contributed by atoms with Crippen LogP contribution < -0.4 is 5.32 Å². The molecule has 0 aliphatic carbocycles. The lowest BCUT2D eigenvalue weighted by atomic mass is 10.1. The van der Waals surface area contributed by atoms with Crippen molar-refractivity contribution >= 4 is 11.9 Å². The minimum absolute atomic E-state index is 0.0640. The third-order valence-corrected chi connectivity index (χ3v) is 3.13. The van der Waals surface area contributed by atoms with Crippen molar-refractivity contribution in [3.8, 4) is 0 Å². The highest BCUT2D eigenvalue weighted by atomic mass is 16.5. The summed E-state index contributed by atoms with van der Waals surface area (Å²) in [6.45, 7) is 3.01. The maximum absolute atomic E-state index is 11.6. The van der Waals surface area contributed by atoms with Gasteiger partial charge in [0.25, 0.3) is 0 Å². The summed E-state index contributed by atoms with van der Waals surface area (Å²) in [6, 6.07) is 0.830. The van der Waals surface area contributed by atoms with E-state index in [0.29, 0.717) is 24.9 Å². The van der Waals surface area contributed by atoms with E-state index in [1.54, 1.807) is 4.90 Å². The van der Waals surface area contributed by atoms with E-state index in [1.165, 1.54) is 0 Å². The minimum atomic E-state index is -0.842. The van der Waals surface area contributed by atoms with Crippen LogP contribution in [0, 0.1) is 0 Å². The van der Waals surface area contributed by atoms with E-state index in [1.807, 2.05) is 0 Å². The number of nitrogens with zero attached hydrogens (tertiary/aromatic N) is 1. The van der Waals surface area contributed by atoms with Gasteiger partial charge in [-0.25, -0.2) is 0 Å². The number of likely N-dealkylation sites (tertiary alicyclic amines) is 1. The Morgan fingerprint density at radius 1 is 1.24 bits per heavy atom. The van der Waals surface area contributed by atoms with Crippen molar-refractivity contribution in [2.75, 3.05) is 26.3 Å². The Hall–Kier alpha value is -1.14. The highest BCUT2D eigenvalue weighted by Crippen LogP contribution is 2.13. The van der Waals surface area contributed by atoms with E-state index >= 15 is 0 Å². The molecule has 17 heavy (non-hydrogen) atoms. The normalized spacial score (nSPS) is 20.8. The van der Waals surface area contributed by atoms with Gasteiger partial charge in [-0.2, -0.15) is 0 Å². The molecule has 0 atom stereocenters. The number of rotatable bonds is 6. The fourth-order valence-electron chi connectivity index (χ4n) is 2.00. The number of hydrogen-bond acceptors (Lipinski definition) is 4. The lowest BCUT2D eigenvalue weighted by Crippen LogP contribution is -2.64. The fourth-order valence-corrected chi connectivity index (χ4v) is 2.00. The Morgan fingerprint density at radius 2 is 1.94 bits per heavy atom. The third kappa shape index (κ3) is 3.41. The maximum atomic E-state index is 11.6. The van der Waals surface area contributed by atoms with Crippen molar-refractivity contribution in [2.45, 2.75) is 31.3 Å². The summed E-state index contributed by atoms with van der Waals surface area (Å²) in [4.78, 5) is 23.7. The lowest BCUT2D eigenvalue weighted by molar-refractivity contribution is -0.138. The van der Waals surface area contributed by atoms with Gasteiger partial charge >= 0.3 is 5.97 Å². The second-order valence-corrected chi connectivity index (χ2v) is 4.64. The lowest BCUT2D eigenvalue weighted by Gasteiger charge is -2.43. The van der Waals surface area contributed by atoms with Crippen LogP contribution in [0.2, 0.25) is 0 Å². The highest BCUT2D eigenvalue weighted by Gasteiger charge is 2.33. The Balaban J connectivity index is 1.55. The van der Waals surface area contributed by atoms with Gasteiger partial charge < -0.3 is 20.1 Å². The zero-order chi connectivity index (χ0) is 12.3. The first-order valence-corrected chi connectivity index (χ1v) is 5.98. The van der Waals surface area contributed by atoms with Gasteiger partial charge in [-0.1, -0.05) is 0 Å². The summed E-state index contributed by atoms with van der Waals surface area (Å²) in [6.07, 6.45) is 0.839. The standard InChI is InChI=1S/C11H18N2O4/c14-10(2-1-3-11(15)16)13-4-8(5-13)12-9-6-17-7-9/h8-9,12H,1-7H2,(H,15,16). The summed E-state index contributed by atoms with van der Waals surface area (Å²) in [5.41, 5.74) is 0. The first-order chi connectivity index (χ1) is 8.15. The van der Waals surface area contributed by atoms with Crippen LogP contribution in [-0.4, -0.2) is 60.3 Å². The van der Waals surface area contributed by atoms with Crippen molar-refractivity contribution in [2.24, 2.45) is 0 Å². The van der Waals surface area contributed by atoms with Crippen LogP contribution in [-0.2, 0) is 14.3 Å². The molecule has 96 valence electrons. The molecular weight excluding hydrogens is 224 g/mol. The molecule has 0 bridgehead atoms. The van der Waals surface area contributed by atoms with Crippen LogP contribution in [0.4, 0.5) is 0 Å². The number of nitrogens with one attached hydrogen (secondary N) is 1. The molecule has 0 unspecified atom stereocenters. The van der Waals surface area contributed by atoms with E-state index in [2.05, 4.69) is 5.32 Å². The molecule has 0 aromatic rings. The molecule has 2 N–H and O–H groups in total. The van der Waals surface area contributed by atoms with Crippen molar-refractivity contribution in [3.63, 3.8) is 0 Å². The van der Waals surface area contributed by atoms with Gasteiger partial charge in [0.1, 0.15) is 0 Å². The van der Waals surface area contributed by atoms with Crippen molar-refractivity contribution in [1.29, 1.82) is 0 Å². The largest absolute Gasteiger partial charge is 0.481 e. The van der Waals surface area contributed by atoms with Gasteiger partial charge in [0, 0.05) is 32.0 Å². The molecule has 0 saturated carbocycles. The van der Waals surface area contributed by atoms with E-state index < -0.39 is 5.97 Å². The third-order valence-electron chi connectivity index (χ3n) is 3.13. The second-order valence-electron chi connectivity index (χ2n) is 4.64. The molecule has 2 aliphatic rings. The molecule has 0 aromatic heterocycles. The number of hydrogen-bond donors (Lipinski definition) is 2. The number of carbonyl (C=O) groups excluding carboxylic acids is 1. The Labute approximate surface area is 99.9 Å². The first kappa shape index (κ1) is 12.3. The molecular formula is C11H18N2O4. The number of carboxylic acid groups (broad SMARTS) is 1. The SMILES string of the molecule is O=C(O)CCCC(=O)N1CC(NC2COC2)C1. The van der Waals surface area contributed by atoms with Gasteiger partial charge in [-0.15, -0.1) is 0 Å². The van der Waals surface area contributed by atoms with Crippen LogP contribution in [0.25, 0.3) is 0 Å². The summed E-state index contributed by atoms with van der Waals surface area (Å²) in [5.74, 6) is -0.778. The van der Waals surface area contributed by atoms with Gasteiger partial charge in [0.05, 0.1) is 19.3 Å². The van der Waals surface area contributed by atoms with Crippen LogP contribution in [0.1, 0.15) is 19.3 Å². The second kappa shape index (κ2) is 5.46. The zero-order valence-corrected chi connectivity index (χ0v) is 9.72. The molecule has 2 fully saturated rings. The molecule has 0 aromatic carbocycles. The Bertz CT molecular complexity index is 298. The van der Waals surface area contributed by atoms with Crippen molar-refractivity contribution < 1.29 is 19.4 Å². The predicted octanol–water partition coefficient (Wildman–Crippen LogP) is -0.559. The molecule has 6 heteroatoms. The smallest absolute Gasteiger partial charge is 0.303 e. The van der Waals surface area contributed by atoms with Crippen LogP contribution in [0.15, 0.2) is 0 Å². The van der Waals surface area contributed by atoms with Crippen LogP contribution >= 0.6 is 0 Å². The average Bonchev–Trinajstić information content (AvgIpc) is 2.11. The monoisotopic (exact) mass is 242 g/mol. The first-order valence-electron chi connectivity index (χ1n) is 5.98. The predicted molar refractivity (Wildman–Crippen MR) is 59.6 cm³/mol.